The van der Waals surface area contributed by atoms with Gasteiger partial charge in [0.1, 0.15) is 0 Å². The number of hydrogen-bond donors (Lipinski definition) is 1. The minimum atomic E-state index is 0.0154. The Kier molecular flexibility index (Phi) is 4.06. The largest absolute Gasteiger partial charge is 0.325 e. The van der Waals surface area contributed by atoms with Crippen LogP contribution in [0.25, 0.3) is 0 Å². The fourth-order valence-electron chi connectivity index (χ4n) is 3.20. The highest BCUT2D eigenvalue weighted by atomic mass is 14.8. The Morgan fingerprint density at radius 3 is 2.32 bits per heavy atom. The van der Waals surface area contributed by atoms with E-state index in [0.29, 0.717) is 5.92 Å². The van der Waals surface area contributed by atoms with Crippen molar-refractivity contribution >= 4 is 0 Å². The van der Waals surface area contributed by atoms with Gasteiger partial charge in [0.15, 0.2) is 0 Å². The van der Waals surface area contributed by atoms with Gasteiger partial charge < -0.3 is 5.73 Å². The van der Waals surface area contributed by atoms with Crippen molar-refractivity contribution in [3.63, 3.8) is 0 Å². The van der Waals surface area contributed by atoms with Gasteiger partial charge in [-0.1, -0.05) is 64.8 Å². The number of hydrogen-bond acceptors (Lipinski definition) is 1. The first-order chi connectivity index (χ1) is 8.81. The average Bonchev–Trinajstić information content (AvgIpc) is 2.33. The van der Waals surface area contributed by atoms with Gasteiger partial charge in [-0.15, -0.1) is 0 Å². The lowest BCUT2D eigenvalue weighted by Gasteiger charge is -2.40. The van der Waals surface area contributed by atoms with Crippen molar-refractivity contribution in [1.29, 1.82) is 0 Å². The van der Waals surface area contributed by atoms with Crippen LogP contribution in [-0.2, 0) is 11.8 Å². The highest BCUT2D eigenvalue weighted by Crippen LogP contribution is 2.34. The first kappa shape index (κ1) is 14.6. The van der Waals surface area contributed by atoms with Crippen LogP contribution in [0.3, 0.4) is 0 Å². The Morgan fingerprint density at radius 1 is 1.16 bits per heavy atom. The summed E-state index contributed by atoms with van der Waals surface area (Å²) in [7, 11) is 0. The van der Waals surface area contributed by atoms with Crippen molar-refractivity contribution in [2.75, 3.05) is 0 Å². The molecule has 2 unspecified atom stereocenters. The van der Waals surface area contributed by atoms with E-state index in [0.717, 1.165) is 6.42 Å². The summed E-state index contributed by atoms with van der Waals surface area (Å²) in [5.41, 5.74) is 9.70. The fourth-order valence-corrected chi connectivity index (χ4v) is 3.20. The Balaban J connectivity index is 2.11. The summed E-state index contributed by atoms with van der Waals surface area (Å²) in [5, 5.41) is 0. The van der Waals surface area contributed by atoms with Crippen molar-refractivity contribution in [3.8, 4) is 0 Å². The third-order valence-corrected chi connectivity index (χ3v) is 4.86. The zero-order valence-electron chi connectivity index (χ0n) is 13.0. The highest BCUT2D eigenvalue weighted by molar-refractivity contribution is 5.28. The molecule has 2 atom stereocenters. The molecule has 1 aromatic rings. The maximum absolute atomic E-state index is 6.66. The van der Waals surface area contributed by atoms with Crippen LogP contribution in [-0.4, -0.2) is 5.54 Å². The van der Waals surface area contributed by atoms with Crippen LogP contribution in [0.2, 0.25) is 0 Å². The highest BCUT2D eigenvalue weighted by Gasteiger charge is 2.34. The molecular weight excluding hydrogens is 230 g/mol. The predicted octanol–water partition coefficient (Wildman–Crippen LogP) is 4.43. The quantitative estimate of drug-likeness (QED) is 0.835. The summed E-state index contributed by atoms with van der Waals surface area (Å²) in [4.78, 5) is 0. The third kappa shape index (κ3) is 3.39. The lowest BCUT2D eigenvalue weighted by Crippen LogP contribution is -2.49. The summed E-state index contributed by atoms with van der Waals surface area (Å²) in [6, 6.07) is 9.09. The van der Waals surface area contributed by atoms with Crippen molar-refractivity contribution < 1.29 is 0 Å². The van der Waals surface area contributed by atoms with Crippen LogP contribution in [0.4, 0.5) is 0 Å². The van der Waals surface area contributed by atoms with Gasteiger partial charge in [-0.3, -0.25) is 0 Å². The van der Waals surface area contributed by atoms with E-state index < -0.39 is 0 Å². The summed E-state index contributed by atoms with van der Waals surface area (Å²) in [5.74, 6) is 0.642. The molecule has 19 heavy (non-hydrogen) atoms. The van der Waals surface area contributed by atoms with E-state index in [-0.39, 0.29) is 11.0 Å². The van der Waals surface area contributed by atoms with Crippen LogP contribution in [0.1, 0.15) is 64.5 Å². The maximum atomic E-state index is 6.66. The zero-order chi connectivity index (χ0) is 14.1. The molecule has 1 aromatic carbocycles. The van der Waals surface area contributed by atoms with E-state index >= 15 is 0 Å². The van der Waals surface area contributed by atoms with Crippen molar-refractivity contribution in [2.45, 2.75) is 70.8 Å². The molecule has 2 N–H and O–H groups in total. The van der Waals surface area contributed by atoms with Gasteiger partial charge in [-0.05, 0) is 41.7 Å². The van der Waals surface area contributed by atoms with E-state index in [1.54, 1.807) is 0 Å². The third-order valence-electron chi connectivity index (χ3n) is 4.86. The topological polar surface area (TPSA) is 26.0 Å². The Bertz CT molecular complexity index is 412. The van der Waals surface area contributed by atoms with Crippen molar-refractivity contribution in [2.24, 2.45) is 11.7 Å². The minimum absolute atomic E-state index is 0.0154. The summed E-state index contributed by atoms with van der Waals surface area (Å²) in [6.45, 7) is 9.10. The average molecular weight is 259 g/mol. The van der Waals surface area contributed by atoms with E-state index in [1.807, 2.05) is 0 Å². The van der Waals surface area contributed by atoms with Gasteiger partial charge in [0.2, 0.25) is 0 Å². The zero-order valence-corrected chi connectivity index (χ0v) is 13.0. The summed E-state index contributed by atoms with van der Waals surface area (Å²) < 4.78 is 0. The van der Waals surface area contributed by atoms with Gasteiger partial charge in [-0.2, -0.15) is 0 Å². The number of rotatable bonds is 2. The molecule has 0 aliphatic heterocycles. The minimum Gasteiger partial charge on any atom is -0.325 e. The van der Waals surface area contributed by atoms with Crippen LogP contribution in [0.15, 0.2) is 24.3 Å². The standard InChI is InChI=1S/C18H29N/c1-14-7-5-6-12-18(14,19)13-15-8-10-16(11-9-15)17(2,3)4/h8-11,14H,5-7,12-13,19H2,1-4H3. The number of nitrogens with two attached hydrogens (primary N) is 1. The molecule has 106 valence electrons. The molecule has 1 saturated carbocycles. The molecule has 0 spiro atoms. The molecule has 0 saturated heterocycles. The van der Waals surface area contributed by atoms with E-state index in [4.69, 9.17) is 5.73 Å². The molecular formula is C18H29N. The molecule has 0 radical (unpaired) electrons. The first-order valence-electron chi connectivity index (χ1n) is 7.69. The van der Waals surface area contributed by atoms with Crippen LogP contribution < -0.4 is 5.73 Å². The smallest absolute Gasteiger partial charge is 0.0221 e. The molecule has 1 aliphatic carbocycles. The normalized spacial score (nSPS) is 28.4. The Hall–Kier alpha value is -0.820. The summed E-state index contributed by atoms with van der Waals surface area (Å²) >= 11 is 0. The van der Waals surface area contributed by atoms with Crippen LogP contribution in [0.5, 0.6) is 0 Å². The van der Waals surface area contributed by atoms with Crippen molar-refractivity contribution in [1.82, 2.24) is 0 Å². The van der Waals surface area contributed by atoms with Gasteiger partial charge in [-0.25, -0.2) is 0 Å². The van der Waals surface area contributed by atoms with Crippen LogP contribution in [0, 0.1) is 5.92 Å². The van der Waals surface area contributed by atoms with Gasteiger partial charge in [0.25, 0.3) is 0 Å². The van der Waals surface area contributed by atoms with Gasteiger partial charge >= 0.3 is 0 Å². The fraction of sp³-hybridized carbons (Fsp3) is 0.667. The monoisotopic (exact) mass is 259 g/mol. The molecule has 0 aromatic heterocycles. The molecule has 1 fully saturated rings. The first-order valence-corrected chi connectivity index (χ1v) is 7.69. The molecule has 1 aliphatic rings. The van der Waals surface area contributed by atoms with E-state index in [9.17, 15) is 0 Å². The maximum Gasteiger partial charge on any atom is 0.0221 e. The Morgan fingerprint density at radius 2 is 1.79 bits per heavy atom. The second-order valence-corrected chi connectivity index (χ2v) is 7.50. The SMILES string of the molecule is CC1CCCCC1(N)Cc1ccc(C(C)(C)C)cc1. The molecule has 0 amide bonds. The van der Waals surface area contributed by atoms with Crippen LogP contribution >= 0.6 is 0 Å². The molecule has 2 rings (SSSR count). The van der Waals surface area contributed by atoms with E-state index in [2.05, 4.69) is 52.0 Å². The van der Waals surface area contributed by atoms with Crippen molar-refractivity contribution in [3.05, 3.63) is 35.4 Å². The second kappa shape index (κ2) is 5.28. The Labute approximate surface area is 118 Å². The van der Waals surface area contributed by atoms with Gasteiger partial charge in [0, 0.05) is 5.54 Å². The van der Waals surface area contributed by atoms with Gasteiger partial charge in [0.05, 0.1) is 0 Å². The molecule has 0 heterocycles. The molecule has 1 heteroatoms. The lowest BCUT2D eigenvalue weighted by molar-refractivity contribution is 0.204. The summed E-state index contributed by atoms with van der Waals surface area (Å²) in [6.07, 6.45) is 6.13. The van der Waals surface area contributed by atoms with E-state index in [1.165, 1.54) is 36.8 Å². The molecule has 1 nitrogen and oxygen atoms in total. The number of benzene rings is 1. The predicted molar refractivity (Wildman–Crippen MR) is 83.4 cm³/mol. The second-order valence-electron chi connectivity index (χ2n) is 7.50. The molecule has 0 bridgehead atoms. The lowest BCUT2D eigenvalue weighted by atomic mass is 9.71.